The van der Waals surface area contributed by atoms with Crippen LogP contribution < -0.4 is 16.8 Å². The summed E-state index contributed by atoms with van der Waals surface area (Å²) in [6.07, 6.45) is 13.3. The van der Waals surface area contributed by atoms with Crippen LogP contribution in [-0.2, 0) is 23.9 Å². The average molecular weight is 490 g/mol. The average Bonchev–Trinajstić information content (AvgIpc) is 2.77. The van der Waals surface area contributed by atoms with Crippen molar-refractivity contribution in [1.82, 2.24) is 5.32 Å². The molecule has 0 spiro atoms. The van der Waals surface area contributed by atoms with Crippen LogP contribution in [-0.4, -0.2) is 59.3 Å². The van der Waals surface area contributed by atoms with Gasteiger partial charge in [-0.25, -0.2) is 4.79 Å². The zero-order chi connectivity index (χ0) is 26.2. The molecule has 0 aliphatic carbocycles. The SMILES string of the molecule is CCCCCCCCCCCC(=O)NC(CCCCN)C(=O)OCC.NC(CC(=O)O)C(=O)O. The first kappa shape index (κ1) is 34.0. The number of nitrogens with two attached hydrogens (primary N) is 2. The fourth-order valence-corrected chi connectivity index (χ4v) is 3.12. The topological polar surface area (TPSA) is 182 Å². The molecule has 0 aliphatic heterocycles. The standard InChI is InChI=1S/C20H40N2O3.C4H7NO4/c1-3-5-6-7-8-9-10-11-12-16-19(23)22-18(15-13-14-17-21)20(24)25-4-2;5-2(4(8)9)1-3(6)7/h18H,3-17,21H2,1-2H3,(H,22,23);2H,1,5H2,(H,6,7)(H,8,9). The highest BCUT2D eigenvalue weighted by Crippen LogP contribution is 2.11. The van der Waals surface area contributed by atoms with Crippen molar-refractivity contribution in [1.29, 1.82) is 0 Å². The van der Waals surface area contributed by atoms with Crippen LogP contribution in [0.25, 0.3) is 0 Å². The molecule has 0 aliphatic rings. The summed E-state index contributed by atoms with van der Waals surface area (Å²) in [5.74, 6) is -2.88. The van der Waals surface area contributed by atoms with Crippen molar-refractivity contribution >= 4 is 23.8 Å². The number of hydrogen-bond donors (Lipinski definition) is 5. The molecule has 0 heterocycles. The molecule has 200 valence electrons. The highest BCUT2D eigenvalue weighted by molar-refractivity contribution is 5.84. The minimum Gasteiger partial charge on any atom is -0.481 e. The van der Waals surface area contributed by atoms with Crippen LogP contribution in [0.1, 0.15) is 104 Å². The number of carboxylic acid groups (broad SMARTS) is 2. The second-order valence-corrected chi connectivity index (χ2v) is 8.28. The maximum absolute atomic E-state index is 12.1. The van der Waals surface area contributed by atoms with E-state index in [4.69, 9.17) is 26.4 Å². The molecule has 2 unspecified atom stereocenters. The third-order valence-electron chi connectivity index (χ3n) is 5.07. The molecule has 7 N–H and O–H groups in total. The van der Waals surface area contributed by atoms with Gasteiger partial charge in [0.05, 0.1) is 13.0 Å². The number of nitrogens with one attached hydrogen (secondary N) is 1. The number of carboxylic acids is 2. The summed E-state index contributed by atoms with van der Waals surface area (Å²) < 4.78 is 5.05. The molecule has 0 saturated heterocycles. The van der Waals surface area contributed by atoms with Crippen LogP contribution in [0, 0.1) is 0 Å². The number of carbonyl (C=O) groups is 4. The van der Waals surface area contributed by atoms with Crippen LogP contribution in [0.3, 0.4) is 0 Å². The van der Waals surface area contributed by atoms with E-state index in [1.54, 1.807) is 6.92 Å². The van der Waals surface area contributed by atoms with Gasteiger partial charge >= 0.3 is 17.9 Å². The summed E-state index contributed by atoms with van der Waals surface area (Å²) in [5.41, 5.74) is 10.3. The molecule has 0 radical (unpaired) electrons. The first-order valence-corrected chi connectivity index (χ1v) is 12.6. The van der Waals surface area contributed by atoms with Crippen LogP contribution in [0.4, 0.5) is 0 Å². The Bertz CT molecular complexity index is 559. The molecule has 0 aromatic rings. The molecule has 1 amide bonds. The Balaban J connectivity index is 0. The summed E-state index contributed by atoms with van der Waals surface area (Å²) >= 11 is 0. The quantitative estimate of drug-likeness (QED) is 0.127. The van der Waals surface area contributed by atoms with Crippen molar-refractivity contribution in [3.05, 3.63) is 0 Å². The maximum Gasteiger partial charge on any atom is 0.328 e. The smallest absolute Gasteiger partial charge is 0.328 e. The van der Waals surface area contributed by atoms with E-state index in [0.29, 0.717) is 26.0 Å². The minimum atomic E-state index is -1.29. The van der Waals surface area contributed by atoms with E-state index < -0.39 is 30.4 Å². The fraction of sp³-hybridized carbons (Fsp3) is 0.833. The summed E-state index contributed by atoms with van der Waals surface area (Å²) in [4.78, 5) is 43.6. The van der Waals surface area contributed by atoms with Crippen molar-refractivity contribution in [3.63, 3.8) is 0 Å². The molecule has 10 nitrogen and oxygen atoms in total. The summed E-state index contributed by atoms with van der Waals surface area (Å²) in [6, 6.07) is -1.82. The number of unbranched alkanes of at least 4 members (excludes halogenated alkanes) is 9. The van der Waals surface area contributed by atoms with E-state index in [0.717, 1.165) is 25.7 Å². The second-order valence-electron chi connectivity index (χ2n) is 8.28. The number of carbonyl (C=O) groups excluding carboxylic acids is 2. The molecule has 0 aromatic carbocycles. The van der Waals surface area contributed by atoms with Gasteiger partial charge in [-0.1, -0.05) is 58.3 Å². The molecule has 0 bridgehead atoms. The Kier molecular flexibility index (Phi) is 23.9. The number of ether oxygens (including phenoxy) is 1. The number of hydrogen-bond acceptors (Lipinski definition) is 7. The lowest BCUT2D eigenvalue weighted by Gasteiger charge is -2.17. The Morgan fingerprint density at radius 1 is 0.853 bits per heavy atom. The zero-order valence-corrected chi connectivity index (χ0v) is 21.1. The molecule has 34 heavy (non-hydrogen) atoms. The molecule has 0 aromatic heterocycles. The molecular formula is C24H47N3O7. The predicted octanol–water partition coefficient (Wildman–Crippen LogP) is 2.96. The lowest BCUT2D eigenvalue weighted by Crippen LogP contribution is -2.41. The molecule has 2 atom stereocenters. The number of amides is 1. The van der Waals surface area contributed by atoms with Gasteiger partial charge in [0.25, 0.3) is 0 Å². The molecule has 10 heteroatoms. The fourth-order valence-electron chi connectivity index (χ4n) is 3.12. The van der Waals surface area contributed by atoms with Gasteiger partial charge in [-0.05, 0) is 39.2 Å². The van der Waals surface area contributed by atoms with Gasteiger partial charge in [-0.2, -0.15) is 0 Å². The third kappa shape index (κ3) is 23.0. The van der Waals surface area contributed by atoms with E-state index in [-0.39, 0.29) is 11.9 Å². The highest BCUT2D eigenvalue weighted by Gasteiger charge is 2.21. The normalized spacial score (nSPS) is 12.1. The van der Waals surface area contributed by atoms with E-state index in [1.807, 2.05) is 0 Å². The molecular weight excluding hydrogens is 442 g/mol. The number of rotatable bonds is 20. The van der Waals surface area contributed by atoms with Gasteiger partial charge in [-0.3, -0.25) is 14.4 Å². The maximum atomic E-state index is 12.1. The van der Waals surface area contributed by atoms with Crippen molar-refractivity contribution < 1.29 is 34.1 Å². The Hall–Kier alpha value is -2.20. The van der Waals surface area contributed by atoms with Crippen LogP contribution in [0.2, 0.25) is 0 Å². The van der Waals surface area contributed by atoms with Crippen molar-refractivity contribution in [2.24, 2.45) is 11.5 Å². The zero-order valence-electron chi connectivity index (χ0n) is 21.1. The molecule has 0 rings (SSSR count). The highest BCUT2D eigenvalue weighted by atomic mass is 16.5. The predicted molar refractivity (Wildman–Crippen MR) is 131 cm³/mol. The van der Waals surface area contributed by atoms with Crippen molar-refractivity contribution in [2.75, 3.05) is 13.2 Å². The van der Waals surface area contributed by atoms with Crippen LogP contribution >= 0.6 is 0 Å². The summed E-state index contributed by atoms with van der Waals surface area (Å²) in [5, 5.41) is 18.9. The van der Waals surface area contributed by atoms with Gasteiger partial charge in [-0.15, -0.1) is 0 Å². The van der Waals surface area contributed by atoms with Crippen LogP contribution in [0.15, 0.2) is 0 Å². The second kappa shape index (κ2) is 23.9. The lowest BCUT2D eigenvalue weighted by atomic mass is 10.1. The van der Waals surface area contributed by atoms with Gasteiger partial charge in [0.2, 0.25) is 5.91 Å². The van der Waals surface area contributed by atoms with Crippen LogP contribution in [0.5, 0.6) is 0 Å². The lowest BCUT2D eigenvalue weighted by molar-refractivity contribution is -0.147. The van der Waals surface area contributed by atoms with Gasteiger partial charge in [0, 0.05) is 6.42 Å². The third-order valence-corrected chi connectivity index (χ3v) is 5.07. The molecule has 0 saturated carbocycles. The van der Waals surface area contributed by atoms with E-state index in [9.17, 15) is 19.2 Å². The Morgan fingerprint density at radius 2 is 1.41 bits per heavy atom. The summed E-state index contributed by atoms with van der Waals surface area (Å²) in [6.45, 7) is 4.94. The molecule has 0 fully saturated rings. The van der Waals surface area contributed by atoms with Gasteiger partial charge < -0.3 is 31.7 Å². The Labute approximate surface area is 204 Å². The van der Waals surface area contributed by atoms with Gasteiger partial charge in [0.1, 0.15) is 12.1 Å². The van der Waals surface area contributed by atoms with E-state index in [1.165, 1.54) is 44.9 Å². The van der Waals surface area contributed by atoms with E-state index >= 15 is 0 Å². The Morgan fingerprint density at radius 3 is 1.85 bits per heavy atom. The number of esters is 1. The van der Waals surface area contributed by atoms with Crippen molar-refractivity contribution in [2.45, 2.75) is 116 Å². The first-order chi connectivity index (χ1) is 16.2. The van der Waals surface area contributed by atoms with Gasteiger partial charge in [0.15, 0.2) is 0 Å². The minimum absolute atomic E-state index is 0.0475. The van der Waals surface area contributed by atoms with E-state index in [2.05, 4.69) is 12.2 Å². The number of aliphatic carboxylic acids is 2. The van der Waals surface area contributed by atoms with Crippen molar-refractivity contribution in [3.8, 4) is 0 Å². The summed E-state index contributed by atoms with van der Waals surface area (Å²) in [7, 11) is 0. The largest absolute Gasteiger partial charge is 0.481 e. The first-order valence-electron chi connectivity index (χ1n) is 12.6. The monoisotopic (exact) mass is 489 g/mol.